The number of hydrogen-bond donors (Lipinski definition) is 1. The number of carbonyl (C=O) groups excluding carboxylic acids is 1. The maximum Gasteiger partial charge on any atom is 0.242 e. The second-order valence-electron chi connectivity index (χ2n) is 7.35. The first-order valence-electron chi connectivity index (χ1n) is 9.26. The summed E-state index contributed by atoms with van der Waals surface area (Å²) in [6.45, 7) is 4.45. The van der Waals surface area contributed by atoms with Crippen LogP contribution in [0.15, 0.2) is 36.4 Å². The molecule has 0 unspecified atom stereocenters. The zero-order valence-corrected chi connectivity index (χ0v) is 15.1. The lowest BCUT2D eigenvalue weighted by atomic mass is 9.78. The van der Waals surface area contributed by atoms with Crippen LogP contribution in [0.4, 0.5) is 5.82 Å². The molecule has 1 amide bonds. The van der Waals surface area contributed by atoms with Gasteiger partial charge in [-0.3, -0.25) is 4.79 Å². The third kappa shape index (κ3) is 3.55. The SMILES string of the molecule is Cc1nc(C2CC(N)C2)cc(N2CCN(Cc3ccccc3)C(=O)C2)n1. The van der Waals surface area contributed by atoms with Gasteiger partial charge in [0.25, 0.3) is 0 Å². The van der Waals surface area contributed by atoms with Gasteiger partial charge in [-0.25, -0.2) is 9.97 Å². The number of nitrogens with zero attached hydrogens (tertiary/aromatic N) is 4. The van der Waals surface area contributed by atoms with Gasteiger partial charge in [0, 0.05) is 43.4 Å². The highest BCUT2D eigenvalue weighted by molar-refractivity contribution is 5.82. The molecular formula is C20H25N5O. The van der Waals surface area contributed by atoms with Crippen LogP contribution in [0.3, 0.4) is 0 Å². The van der Waals surface area contributed by atoms with Crippen molar-refractivity contribution >= 4 is 11.7 Å². The fourth-order valence-electron chi connectivity index (χ4n) is 3.72. The van der Waals surface area contributed by atoms with Crippen LogP contribution in [0.5, 0.6) is 0 Å². The third-order valence-electron chi connectivity index (χ3n) is 5.30. The van der Waals surface area contributed by atoms with Crippen molar-refractivity contribution in [3.8, 4) is 0 Å². The number of amides is 1. The first-order chi connectivity index (χ1) is 12.6. The summed E-state index contributed by atoms with van der Waals surface area (Å²) in [6.07, 6.45) is 1.97. The summed E-state index contributed by atoms with van der Waals surface area (Å²) in [5.41, 5.74) is 8.14. The molecule has 1 saturated heterocycles. The van der Waals surface area contributed by atoms with E-state index in [1.807, 2.05) is 36.1 Å². The number of aromatic nitrogens is 2. The molecule has 0 atom stereocenters. The van der Waals surface area contributed by atoms with Crippen LogP contribution in [-0.2, 0) is 11.3 Å². The Kier molecular flexibility index (Phi) is 4.59. The van der Waals surface area contributed by atoms with Gasteiger partial charge in [-0.2, -0.15) is 0 Å². The molecule has 4 rings (SSSR count). The number of hydrogen-bond acceptors (Lipinski definition) is 5. The minimum Gasteiger partial charge on any atom is -0.345 e. The van der Waals surface area contributed by atoms with E-state index in [0.717, 1.165) is 42.3 Å². The average molecular weight is 351 g/mol. The van der Waals surface area contributed by atoms with Gasteiger partial charge in [0.1, 0.15) is 11.6 Å². The molecule has 0 bridgehead atoms. The van der Waals surface area contributed by atoms with Crippen LogP contribution in [-0.4, -0.2) is 46.5 Å². The van der Waals surface area contributed by atoms with E-state index in [2.05, 4.69) is 27.0 Å². The van der Waals surface area contributed by atoms with Crippen molar-refractivity contribution in [1.82, 2.24) is 14.9 Å². The van der Waals surface area contributed by atoms with Crippen LogP contribution in [0.2, 0.25) is 0 Å². The fourth-order valence-corrected chi connectivity index (χ4v) is 3.72. The van der Waals surface area contributed by atoms with E-state index < -0.39 is 0 Å². The first-order valence-corrected chi connectivity index (χ1v) is 9.26. The van der Waals surface area contributed by atoms with Gasteiger partial charge < -0.3 is 15.5 Å². The van der Waals surface area contributed by atoms with Crippen molar-refractivity contribution in [3.05, 3.63) is 53.5 Å². The number of nitrogens with two attached hydrogens (primary N) is 1. The maximum absolute atomic E-state index is 12.6. The number of carbonyl (C=O) groups is 1. The Morgan fingerprint density at radius 1 is 1.15 bits per heavy atom. The molecule has 0 radical (unpaired) electrons. The summed E-state index contributed by atoms with van der Waals surface area (Å²) in [7, 11) is 0. The van der Waals surface area contributed by atoms with Crippen LogP contribution in [0.1, 0.15) is 35.8 Å². The van der Waals surface area contributed by atoms with Crippen LogP contribution < -0.4 is 10.6 Å². The normalized spacial score (nSPS) is 23.1. The highest BCUT2D eigenvalue weighted by Gasteiger charge is 2.30. The van der Waals surface area contributed by atoms with E-state index in [-0.39, 0.29) is 5.91 Å². The standard InChI is InChI=1S/C20H25N5O/c1-14-22-18(16-9-17(21)10-16)11-19(23-14)24-7-8-25(20(26)13-24)12-15-5-3-2-4-6-15/h2-6,11,16-17H,7-10,12-13,21H2,1H3. The molecular weight excluding hydrogens is 326 g/mol. The Labute approximate surface area is 154 Å². The summed E-state index contributed by atoms with van der Waals surface area (Å²) in [6, 6.07) is 12.5. The third-order valence-corrected chi connectivity index (χ3v) is 5.30. The minimum atomic E-state index is 0.142. The van der Waals surface area contributed by atoms with E-state index in [1.54, 1.807) is 0 Å². The van der Waals surface area contributed by atoms with Gasteiger partial charge in [0.05, 0.1) is 6.54 Å². The second kappa shape index (κ2) is 7.03. The van der Waals surface area contributed by atoms with E-state index in [1.165, 1.54) is 0 Å². The zero-order chi connectivity index (χ0) is 18.1. The summed E-state index contributed by atoms with van der Waals surface area (Å²) in [5.74, 6) is 2.20. The topological polar surface area (TPSA) is 75.3 Å². The van der Waals surface area contributed by atoms with Crippen LogP contribution in [0, 0.1) is 6.92 Å². The Hall–Kier alpha value is -2.47. The van der Waals surface area contributed by atoms with Crippen molar-refractivity contribution in [2.45, 2.75) is 38.3 Å². The number of anilines is 1. The number of piperazine rings is 1. The van der Waals surface area contributed by atoms with Gasteiger partial charge in [0.2, 0.25) is 5.91 Å². The van der Waals surface area contributed by atoms with E-state index >= 15 is 0 Å². The lowest BCUT2D eigenvalue weighted by Gasteiger charge is -2.36. The fraction of sp³-hybridized carbons (Fsp3) is 0.450. The average Bonchev–Trinajstić information content (AvgIpc) is 2.61. The molecule has 1 saturated carbocycles. The van der Waals surface area contributed by atoms with Crippen molar-refractivity contribution in [1.29, 1.82) is 0 Å². The molecule has 2 fully saturated rings. The molecule has 136 valence electrons. The highest BCUT2D eigenvalue weighted by atomic mass is 16.2. The van der Waals surface area contributed by atoms with Gasteiger partial charge in [0.15, 0.2) is 0 Å². The molecule has 26 heavy (non-hydrogen) atoms. The van der Waals surface area contributed by atoms with Crippen LogP contribution >= 0.6 is 0 Å². The lowest BCUT2D eigenvalue weighted by molar-refractivity contribution is -0.131. The Balaban J connectivity index is 1.44. The van der Waals surface area contributed by atoms with Gasteiger partial charge >= 0.3 is 0 Å². The molecule has 1 aliphatic heterocycles. The molecule has 6 heteroatoms. The largest absolute Gasteiger partial charge is 0.345 e. The molecule has 1 aliphatic carbocycles. The van der Waals surface area contributed by atoms with Crippen LogP contribution in [0.25, 0.3) is 0 Å². The van der Waals surface area contributed by atoms with Crippen molar-refractivity contribution in [2.75, 3.05) is 24.5 Å². The van der Waals surface area contributed by atoms with E-state index in [4.69, 9.17) is 5.73 Å². The number of rotatable bonds is 4. The number of aryl methyl sites for hydroxylation is 1. The maximum atomic E-state index is 12.6. The quantitative estimate of drug-likeness (QED) is 0.910. The highest BCUT2D eigenvalue weighted by Crippen LogP contribution is 2.35. The predicted molar refractivity (Wildman–Crippen MR) is 101 cm³/mol. The molecule has 2 aliphatic rings. The smallest absolute Gasteiger partial charge is 0.242 e. The second-order valence-corrected chi connectivity index (χ2v) is 7.35. The Morgan fingerprint density at radius 3 is 2.62 bits per heavy atom. The summed E-state index contributed by atoms with van der Waals surface area (Å²) in [4.78, 5) is 25.8. The first kappa shape index (κ1) is 17.0. The molecule has 6 nitrogen and oxygen atoms in total. The monoisotopic (exact) mass is 351 g/mol. The summed E-state index contributed by atoms with van der Waals surface area (Å²) in [5, 5.41) is 0. The molecule has 2 aromatic rings. The van der Waals surface area contributed by atoms with Crippen molar-refractivity contribution < 1.29 is 4.79 Å². The molecule has 0 spiro atoms. The van der Waals surface area contributed by atoms with Gasteiger partial charge in [-0.1, -0.05) is 30.3 Å². The number of benzene rings is 1. The molecule has 2 heterocycles. The lowest BCUT2D eigenvalue weighted by Crippen LogP contribution is -2.50. The van der Waals surface area contributed by atoms with Crippen molar-refractivity contribution in [3.63, 3.8) is 0 Å². The molecule has 1 aromatic carbocycles. The zero-order valence-electron chi connectivity index (χ0n) is 15.1. The minimum absolute atomic E-state index is 0.142. The van der Waals surface area contributed by atoms with E-state index in [9.17, 15) is 4.79 Å². The summed E-state index contributed by atoms with van der Waals surface area (Å²) >= 11 is 0. The van der Waals surface area contributed by atoms with Gasteiger partial charge in [-0.15, -0.1) is 0 Å². The Bertz CT molecular complexity index is 788. The predicted octanol–water partition coefficient (Wildman–Crippen LogP) is 1.84. The van der Waals surface area contributed by atoms with Crippen molar-refractivity contribution in [2.24, 2.45) is 5.73 Å². The van der Waals surface area contributed by atoms with Gasteiger partial charge in [-0.05, 0) is 25.3 Å². The summed E-state index contributed by atoms with van der Waals surface area (Å²) < 4.78 is 0. The molecule has 1 aromatic heterocycles. The van der Waals surface area contributed by atoms with E-state index in [0.29, 0.717) is 31.6 Å². The molecule has 2 N–H and O–H groups in total. The Morgan fingerprint density at radius 2 is 1.92 bits per heavy atom.